The van der Waals surface area contributed by atoms with Crippen LogP contribution in [0.2, 0.25) is 0 Å². The first-order valence-corrected chi connectivity index (χ1v) is 6.10. The molecule has 1 rings (SSSR count). The number of carbonyl (C=O) groups is 2. The summed E-state index contributed by atoms with van der Waals surface area (Å²) in [6.07, 6.45) is 0. The highest BCUT2D eigenvalue weighted by molar-refractivity contribution is 14.1. The Kier molecular flexibility index (Phi) is 5.44. The van der Waals surface area contributed by atoms with Crippen LogP contribution in [0.25, 0.3) is 10.4 Å². The largest absolute Gasteiger partial charge is 0.457 e. The van der Waals surface area contributed by atoms with E-state index in [9.17, 15) is 9.59 Å². The molecule has 0 fully saturated rings. The monoisotopic (exact) mass is 345 g/mol. The normalized spacial score (nSPS) is 9.24. The van der Waals surface area contributed by atoms with E-state index >= 15 is 0 Å². The van der Waals surface area contributed by atoms with Crippen LogP contribution in [-0.4, -0.2) is 22.8 Å². The lowest BCUT2D eigenvalue weighted by molar-refractivity contribution is -0.139. The fourth-order valence-electron chi connectivity index (χ4n) is 1.03. The van der Waals surface area contributed by atoms with Crippen LogP contribution < -0.4 is 0 Å². The van der Waals surface area contributed by atoms with E-state index in [4.69, 9.17) is 10.3 Å². The van der Waals surface area contributed by atoms with Gasteiger partial charge >= 0.3 is 5.97 Å². The van der Waals surface area contributed by atoms with Crippen LogP contribution in [0, 0.1) is 0 Å². The smallest absolute Gasteiger partial charge is 0.316 e. The van der Waals surface area contributed by atoms with Crippen molar-refractivity contribution >= 4 is 40.0 Å². The Morgan fingerprint density at radius 3 is 2.53 bits per heavy atom. The number of esters is 1. The van der Waals surface area contributed by atoms with Crippen molar-refractivity contribution in [2.75, 3.05) is 11.0 Å². The van der Waals surface area contributed by atoms with E-state index in [1.54, 1.807) is 0 Å². The number of nitrogens with zero attached hydrogens (tertiary/aromatic N) is 3. The molecule has 1 aromatic carbocycles. The summed E-state index contributed by atoms with van der Waals surface area (Å²) in [7, 11) is 0. The van der Waals surface area contributed by atoms with Crippen molar-refractivity contribution < 1.29 is 14.3 Å². The number of carbonyl (C=O) groups excluding carboxylic acids is 2. The van der Waals surface area contributed by atoms with Crippen molar-refractivity contribution in [1.29, 1.82) is 0 Å². The van der Waals surface area contributed by atoms with Crippen LogP contribution in [0.15, 0.2) is 29.4 Å². The molecular weight excluding hydrogens is 337 g/mol. The quantitative estimate of drug-likeness (QED) is 0.156. The Bertz CT molecular complexity index is 466. The van der Waals surface area contributed by atoms with Gasteiger partial charge in [0.15, 0.2) is 12.4 Å². The van der Waals surface area contributed by atoms with Crippen molar-refractivity contribution in [2.24, 2.45) is 5.11 Å². The van der Waals surface area contributed by atoms with Gasteiger partial charge in [0.1, 0.15) is 0 Å². The van der Waals surface area contributed by atoms with Crippen LogP contribution in [0.3, 0.4) is 0 Å². The predicted octanol–water partition coefficient (Wildman–Crippen LogP) is 2.79. The van der Waals surface area contributed by atoms with Crippen LogP contribution >= 0.6 is 22.6 Å². The van der Waals surface area contributed by atoms with Gasteiger partial charge in [-0.15, -0.1) is 0 Å². The number of azide groups is 1. The summed E-state index contributed by atoms with van der Waals surface area (Å²) in [5, 5.41) is 3.38. The Balaban J connectivity index is 2.63. The first kappa shape index (κ1) is 13.5. The SMILES string of the molecule is [N-]=[N+]=Nc1ccc(C(=O)COC(=O)CI)cc1. The highest BCUT2D eigenvalue weighted by atomic mass is 127. The highest BCUT2D eigenvalue weighted by Gasteiger charge is 2.08. The van der Waals surface area contributed by atoms with Gasteiger partial charge < -0.3 is 4.74 Å². The molecule has 0 spiro atoms. The van der Waals surface area contributed by atoms with Gasteiger partial charge in [-0.2, -0.15) is 0 Å². The highest BCUT2D eigenvalue weighted by Crippen LogP contribution is 2.13. The number of Topliss-reactive ketones (excluding diaryl/α,β-unsaturated/α-hetero) is 1. The number of alkyl halides is 1. The molecule has 0 aliphatic carbocycles. The van der Waals surface area contributed by atoms with Crippen molar-refractivity contribution in [1.82, 2.24) is 0 Å². The number of ketones is 1. The van der Waals surface area contributed by atoms with Crippen molar-refractivity contribution in [2.45, 2.75) is 0 Å². The average Bonchev–Trinajstić information content (AvgIpc) is 2.36. The summed E-state index contributed by atoms with van der Waals surface area (Å²) in [6.45, 7) is -0.275. The Morgan fingerprint density at radius 2 is 2.00 bits per heavy atom. The topological polar surface area (TPSA) is 92.1 Å². The first-order chi connectivity index (χ1) is 8.17. The molecular formula is C10H8IN3O3. The lowest BCUT2D eigenvalue weighted by Crippen LogP contribution is -2.14. The first-order valence-electron chi connectivity index (χ1n) is 4.57. The maximum Gasteiger partial charge on any atom is 0.316 e. The molecule has 0 saturated heterocycles. The van der Waals surface area contributed by atoms with Crippen LogP contribution in [-0.2, 0) is 9.53 Å². The zero-order chi connectivity index (χ0) is 12.7. The number of benzene rings is 1. The van der Waals surface area contributed by atoms with Crippen molar-refractivity contribution in [3.8, 4) is 0 Å². The number of halogens is 1. The minimum Gasteiger partial charge on any atom is -0.457 e. The summed E-state index contributed by atoms with van der Waals surface area (Å²) in [5.74, 6) is -0.722. The molecule has 0 aliphatic rings. The number of hydrogen-bond donors (Lipinski definition) is 0. The lowest BCUT2D eigenvalue weighted by atomic mass is 10.1. The molecule has 0 heterocycles. The number of rotatable bonds is 5. The lowest BCUT2D eigenvalue weighted by Gasteiger charge is -2.02. The number of ether oxygens (including phenoxy) is 1. The molecule has 0 radical (unpaired) electrons. The second-order valence-electron chi connectivity index (χ2n) is 2.95. The van der Waals surface area contributed by atoms with E-state index in [1.165, 1.54) is 24.3 Å². The molecule has 0 N–H and O–H groups in total. The fourth-order valence-corrected chi connectivity index (χ4v) is 1.25. The van der Waals surface area contributed by atoms with Crippen molar-refractivity contribution in [3.05, 3.63) is 40.3 Å². The molecule has 0 atom stereocenters. The maximum absolute atomic E-state index is 11.6. The summed E-state index contributed by atoms with van der Waals surface area (Å²) < 4.78 is 4.92. The van der Waals surface area contributed by atoms with Crippen LogP contribution in [0.4, 0.5) is 5.69 Å². The van der Waals surface area contributed by atoms with E-state index in [2.05, 4.69) is 10.0 Å². The predicted molar refractivity (Wildman–Crippen MR) is 69.4 cm³/mol. The Hall–Kier alpha value is -1.60. The molecule has 1 aromatic rings. The van der Waals surface area contributed by atoms with Gasteiger partial charge in [0.2, 0.25) is 0 Å². The Labute approximate surface area is 111 Å². The summed E-state index contributed by atoms with van der Waals surface area (Å²) in [4.78, 5) is 25.0. The van der Waals surface area contributed by atoms with Gasteiger partial charge in [-0.25, -0.2) is 0 Å². The molecule has 0 bridgehead atoms. The second kappa shape index (κ2) is 6.87. The summed E-state index contributed by atoms with van der Waals surface area (Å²) >= 11 is 1.86. The number of hydrogen-bond acceptors (Lipinski definition) is 4. The van der Waals surface area contributed by atoms with Gasteiger partial charge in [-0.3, -0.25) is 9.59 Å². The van der Waals surface area contributed by atoms with E-state index in [0.717, 1.165) is 0 Å². The van der Waals surface area contributed by atoms with Gasteiger partial charge in [-0.05, 0) is 5.53 Å². The molecule has 6 nitrogen and oxygen atoms in total. The summed E-state index contributed by atoms with van der Waals surface area (Å²) in [5.41, 5.74) is 9.03. The van der Waals surface area contributed by atoms with E-state index < -0.39 is 5.97 Å². The van der Waals surface area contributed by atoms with Crippen LogP contribution in [0.1, 0.15) is 10.4 Å². The molecule has 7 heteroatoms. The van der Waals surface area contributed by atoms with E-state index in [0.29, 0.717) is 11.3 Å². The Morgan fingerprint density at radius 1 is 1.35 bits per heavy atom. The zero-order valence-corrected chi connectivity index (χ0v) is 10.8. The molecule has 17 heavy (non-hydrogen) atoms. The van der Waals surface area contributed by atoms with Gasteiger partial charge in [0.05, 0.1) is 4.43 Å². The average molecular weight is 345 g/mol. The third kappa shape index (κ3) is 4.41. The molecule has 0 saturated carbocycles. The maximum atomic E-state index is 11.6. The van der Waals surface area contributed by atoms with Crippen molar-refractivity contribution in [3.63, 3.8) is 0 Å². The molecule has 0 unspecified atom stereocenters. The molecule has 0 amide bonds. The molecule has 0 aliphatic heterocycles. The van der Waals surface area contributed by atoms with Crippen LogP contribution in [0.5, 0.6) is 0 Å². The summed E-state index contributed by atoms with van der Waals surface area (Å²) in [6, 6.07) is 6.08. The minimum absolute atomic E-state index is 0.209. The molecule has 88 valence electrons. The second-order valence-corrected chi connectivity index (χ2v) is 3.72. The zero-order valence-electron chi connectivity index (χ0n) is 8.67. The third-order valence-corrected chi connectivity index (χ3v) is 2.45. The van der Waals surface area contributed by atoms with Gasteiger partial charge in [-0.1, -0.05) is 52.0 Å². The van der Waals surface area contributed by atoms with E-state index in [1.807, 2.05) is 22.6 Å². The van der Waals surface area contributed by atoms with E-state index in [-0.39, 0.29) is 16.8 Å². The third-order valence-electron chi connectivity index (χ3n) is 1.82. The van der Waals surface area contributed by atoms with Gasteiger partial charge in [0.25, 0.3) is 0 Å². The fraction of sp³-hybridized carbons (Fsp3) is 0.200. The van der Waals surface area contributed by atoms with Gasteiger partial charge in [0, 0.05) is 16.2 Å². The minimum atomic E-state index is -0.426. The molecule has 0 aromatic heterocycles. The standard InChI is InChI=1S/C10H8IN3O3/c11-5-10(16)17-6-9(15)7-1-3-8(4-2-7)13-14-12/h1-4H,5-6H2.